The van der Waals surface area contributed by atoms with Gasteiger partial charge in [-0.1, -0.05) is 30.1 Å². The number of rotatable bonds is 3. The number of halogens is 2. The van der Waals surface area contributed by atoms with Crippen molar-refractivity contribution >= 4 is 35.1 Å². The Morgan fingerprint density at radius 2 is 2.13 bits per heavy atom. The minimum atomic E-state index is -0.126. The summed E-state index contributed by atoms with van der Waals surface area (Å²) < 4.78 is 1.55. The van der Waals surface area contributed by atoms with Crippen LogP contribution < -0.4 is 4.90 Å². The lowest BCUT2D eigenvalue weighted by atomic mass is 9.86. The molecular weight excluding hydrogens is 339 g/mol. The Kier molecular flexibility index (Phi) is 4.21. The Morgan fingerprint density at radius 3 is 2.78 bits per heavy atom. The maximum atomic E-state index is 12.3. The third-order valence-electron chi connectivity index (χ3n) is 4.26. The Morgan fingerprint density at radius 1 is 1.39 bits per heavy atom. The van der Waals surface area contributed by atoms with Gasteiger partial charge in [-0.15, -0.1) is 5.10 Å². The molecule has 1 amide bonds. The number of carbonyl (C=O) groups is 1. The van der Waals surface area contributed by atoms with Gasteiger partial charge in [-0.2, -0.15) is 0 Å². The number of amides is 1. The van der Waals surface area contributed by atoms with Crippen molar-refractivity contribution in [2.24, 2.45) is 13.0 Å². The zero-order valence-electron chi connectivity index (χ0n) is 12.7. The molecule has 1 aromatic carbocycles. The molecule has 2 heterocycles. The highest BCUT2D eigenvalue weighted by molar-refractivity contribution is 6.42. The number of hydrogen-bond acceptors (Lipinski definition) is 4. The lowest BCUT2D eigenvalue weighted by molar-refractivity contribution is -0.117. The van der Waals surface area contributed by atoms with Crippen LogP contribution >= 0.6 is 23.2 Å². The van der Waals surface area contributed by atoms with Gasteiger partial charge in [-0.25, -0.2) is 4.98 Å². The summed E-state index contributed by atoms with van der Waals surface area (Å²) in [6, 6.07) is 3.08. The van der Waals surface area contributed by atoms with E-state index in [-0.39, 0.29) is 23.5 Å². The summed E-state index contributed by atoms with van der Waals surface area (Å²) in [5.74, 6) is 0.320. The van der Waals surface area contributed by atoms with Crippen molar-refractivity contribution in [2.75, 3.05) is 11.4 Å². The molecule has 8 heteroatoms. The van der Waals surface area contributed by atoms with Crippen LogP contribution in [0, 0.1) is 5.92 Å². The molecule has 0 radical (unpaired) electrons. The summed E-state index contributed by atoms with van der Waals surface area (Å²) in [5, 5.41) is 15.0. The van der Waals surface area contributed by atoms with Crippen molar-refractivity contribution < 1.29 is 9.90 Å². The quantitative estimate of drug-likeness (QED) is 0.919. The Hall–Kier alpha value is -1.79. The van der Waals surface area contributed by atoms with Gasteiger partial charge in [0.2, 0.25) is 5.91 Å². The monoisotopic (exact) mass is 354 g/mol. The van der Waals surface area contributed by atoms with Gasteiger partial charge in [0.1, 0.15) is 12.1 Å². The zero-order valence-corrected chi connectivity index (χ0v) is 14.2. The summed E-state index contributed by atoms with van der Waals surface area (Å²) in [5.41, 5.74) is 0.577. The summed E-state index contributed by atoms with van der Waals surface area (Å²) >= 11 is 12.3. The van der Waals surface area contributed by atoms with Crippen LogP contribution in [0.15, 0.2) is 18.5 Å². The molecule has 122 valence electrons. The van der Waals surface area contributed by atoms with Crippen LogP contribution in [0.5, 0.6) is 5.75 Å². The standard InChI is InChI=1S/C15H16Cl2N4O2/c1-8(13-11(22)4-3-10(16)14(13)17)9-5-12(23)21(6-9)15-18-7-20(2)19-15/h3-4,7-9,22H,5-6H2,1-2H3/t8-,9-/m1/s1. The summed E-state index contributed by atoms with van der Waals surface area (Å²) in [6.45, 7) is 2.41. The summed E-state index contributed by atoms with van der Waals surface area (Å²) in [4.78, 5) is 18.0. The fraction of sp³-hybridized carbons (Fsp3) is 0.400. The van der Waals surface area contributed by atoms with E-state index in [1.807, 2.05) is 6.92 Å². The Balaban J connectivity index is 1.86. The smallest absolute Gasteiger partial charge is 0.251 e. The Labute approximate surface area is 143 Å². The third-order valence-corrected chi connectivity index (χ3v) is 5.07. The molecule has 1 aromatic heterocycles. The number of nitrogens with zero attached hydrogens (tertiary/aromatic N) is 4. The predicted octanol–water partition coefficient (Wildman–Crippen LogP) is 2.98. The highest BCUT2D eigenvalue weighted by Gasteiger charge is 2.37. The van der Waals surface area contributed by atoms with Crippen LogP contribution in [0.1, 0.15) is 24.8 Å². The molecular formula is C15H16Cl2N4O2. The minimum absolute atomic E-state index is 0.00632. The molecule has 1 N–H and O–H groups in total. The van der Waals surface area contributed by atoms with Crippen molar-refractivity contribution in [3.63, 3.8) is 0 Å². The molecule has 1 aliphatic rings. The first-order chi connectivity index (χ1) is 10.9. The van der Waals surface area contributed by atoms with Gasteiger partial charge in [-0.05, 0) is 24.0 Å². The number of aromatic hydroxyl groups is 1. The van der Waals surface area contributed by atoms with Crippen LogP contribution in [0.2, 0.25) is 10.0 Å². The van der Waals surface area contributed by atoms with E-state index < -0.39 is 0 Å². The molecule has 1 fully saturated rings. The number of phenolic OH excluding ortho intramolecular Hbond substituents is 1. The number of phenols is 1. The van der Waals surface area contributed by atoms with Gasteiger partial charge in [0, 0.05) is 25.6 Å². The van der Waals surface area contributed by atoms with E-state index in [1.165, 1.54) is 6.07 Å². The highest BCUT2D eigenvalue weighted by Crippen LogP contribution is 2.43. The van der Waals surface area contributed by atoms with E-state index in [9.17, 15) is 9.90 Å². The lowest BCUT2D eigenvalue weighted by Gasteiger charge is -2.21. The SMILES string of the molecule is C[C@@H](c1c(O)ccc(Cl)c1Cl)[C@@H]1CC(=O)N(c2ncn(C)n2)C1. The van der Waals surface area contributed by atoms with E-state index >= 15 is 0 Å². The molecule has 0 aliphatic carbocycles. The fourth-order valence-electron chi connectivity index (χ4n) is 2.94. The van der Waals surface area contributed by atoms with Crippen molar-refractivity contribution in [3.05, 3.63) is 34.1 Å². The molecule has 1 saturated heterocycles. The first kappa shape index (κ1) is 16.1. The van der Waals surface area contributed by atoms with Gasteiger partial charge in [-0.3, -0.25) is 14.4 Å². The molecule has 2 aromatic rings. The highest BCUT2D eigenvalue weighted by atomic mass is 35.5. The van der Waals surface area contributed by atoms with Crippen LogP contribution in [0.25, 0.3) is 0 Å². The molecule has 0 unspecified atom stereocenters. The lowest BCUT2D eigenvalue weighted by Crippen LogP contribution is -2.26. The van der Waals surface area contributed by atoms with Crippen LogP contribution in [0.3, 0.4) is 0 Å². The number of aromatic nitrogens is 3. The number of anilines is 1. The van der Waals surface area contributed by atoms with Crippen molar-refractivity contribution in [2.45, 2.75) is 19.3 Å². The molecule has 3 rings (SSSR count). The number of hydrogen-bond donors (Lipinski definition) is 1. The van der Waals surface area contributed by atoms with Crippen molar-refractivity contribution in [1.82, 2.24) is 14.8 Å². The van der Waals surface area contributed by atoms with Gasteiger partial charge < -0.3 is 5.11 Å². The molecule has 23 heavy (non-hydrogen) atoms. The predicted molar refractivity (Wildman–Crippen MR) is 88.0 cm³/mol. The number of carbonyl (C=O) groups excluding carboxylic acids is 1. The van der Waals surface area contributed by atoms with E-state index in [0.29, 0.717) is 34.5 Å². The molecule has 0 bridgehead atoms. The molecule has 6 nitrogen and oxygen atoms in total. The second kappa shape index (κ2) is 6.02. The van der Waals surface area contributed by atoms with Crippen LogP contribution in [-0.2, 0) is 11.8 Å². The fourth-order valence-corrected chi connectivity index (χ4v) is 3.44. The van der Waals surface area contributed by atoms with E-state index in [0.717, 1.165) is 0 Å². The van der Waals surface area contributed by atoms with Gasteiger partial charge in [0.05, 0.1) is 10.0 Å². The maximum absolute atomic E-state index is 12.3. The second-order valence-corrected chi connectivity index (χ2v) is 6.55. The van der Waals surface area contributed by atoms with E-state index in [1.54, 1.807) is 29.0 Å². The minimum Gasteiger partial charge on any atom is -0.508 e. The molecule has 1 aliphatic heterocycles. The van der Waals surface area contributed by atoms with E-state index in [2.05, 4.69) is 10.1 Å². The van der Waals surface area contributed by atoms with Crippen LogP contribution in [0.4, 0.5) is 5.95 Å². The number of benzene rings is 1. The average Bonchev–Trinajstić information content (AvgIpc) is 3.09. The summed E-state index contributed by atoms with van der Waals surface area (Å²) in [7, 11) is 1.75. The van der Waals surface area contributed by atoms with Gasteiger partial charge >= 0.3 is 0 Å². The second-order valence-electron chi connectivity index (χ2n) is 5.77. The number of aryl methyl sites for hydroxylation is 1. The first-order valence-electron chi connectivity index (χ1n) is 7.21. The molecule has 2 atom stereocenters. The maximum Gasteiger partial charge on any atom is 0.251 e. The summed E-state index contributed by atoms with van der Waals surface area (Å²) in [6.07, 6.45) is 1.90. The molecule has 0 spiro atoms. The normalized spacial score (nSPS) is 19.4. The largest absolute Gasteiger partial charge is 0.508 e. The van der Waals surface area contributed by atoms with Crippen molar-refractivity contribution in [3.8, 4) is 5.75 Å². The first-order valence-corrected chi connectivity index (χ1v) is 7.97. The van der Waals surface area contributed by atoms with Gasteiger partial charge in [0.15, 0.2) is 0 Å². The van der Waals surface area contributed by atoms with Gasteiger partial charge in [0.25, 0.3) is 5.95 Å². The third kappa shape index (κ3) is 2.88. The van der Waals surface area contributed by atoms with E-state index in [4.69, 9.17) is 23.2 Å². The Bertz CT molecular complexity index is 762. The molecule has 0 saturated carbocycles. The van der Waals surface area contributed by atoms with Crippen LogP contribution in [-0.4, -0.2) is 32.3 Å². The zero-order chi connectivity index (χ0) is 16.7. The van der Waals surface area contributed by atoms with Crippen molar-refractivity contribution in [1.29, 1.82) is 0 Å². The average molecular weight is 355 g/mol. The topological polar surface area (TPSA) is 71.2 Å².